The van der Waals surface area contributed by atoms with Gasteiger partial charge in [-0.3, -0.25) is 4.57 Å². The topological polar surface area (TPSA) is 150 Å². The van der Waals surface area contributed by atoms with Crippen LogP contribution in [-0.4, -0.2) is 100 Å². The Labute approximate surface area is 353 Å². The summed E-state index contributed by atoms with van der Waals surface area (Å²) in [6, 6.07) is 28.1. The molecule has 1 aliphatic heterocycles. The van der Waals surface area contributed by atoms with Crippen molar-refractivity contribution in [2.45, 2.75) is 83.6 Å². The fourth-order valence-electron chi connectivity index (χ4n) is 7.25. The van der Waals surface area contributed by atoms with Crippen LogP contribution in [0.3, 0.4) is 0 Å². The molecule has 0 aliphatic carbocycles. The zero-order valence-corrected chi connectivity index (χ0v) is 36.7. The van der Waals surface area contributed by atoms with Gasteiger partial charge in [-0.1, -0.05) is 54.6 Å². The van der Waals surface area contributed by atoms with Crippen molar-refractivity contribution in [2.75, 3.05) is 41.5 Å². The van der Waals surface area contributed by atoms with Crippen LogP contribution in [0.1, 0.15) is 70.4 Å². The van der Waals surface area contributed by atoms with Gasteiger partial charge >= 0.3 is 5.69 Å². The van der Waals surface area contributed by atoms with Crippen LogP contribution in [0.5, 0.6) is 11.5 Å². The van der Waals surface area contributed by atoms with Gasteiger partial charge in [0.25, 0.3) is 14.5 Å². The lowest BCUT2D eigenvalue weighted by Crippen LogP contribution is -2.39. The molecule has 1 fully saturated rings. The Morgan fingerprint density at radius 3 is 2.08 bits per heavy atom. The van der Waals surface area contributed by atoms with Gasteiger partial charge in [-0.2, -0.15) is 20.2 Å². The van der Waals surface area contributed by atoms with Crippen LogP contribution in [0.25, 0.3) is 5.78 Å². The molecule has 0 bridgehead atoms. The van der Waals surface area contributed by atoms with Gasteiger partial charge in [-0.05, 0) is 75.6 Å². The summed E-state index contributed by atoms with van der Waals surface area (Å²) in [7, 11) is 5.33. The normalized spacial score (nSPS) is 17.7. The highest BCUT2D eigenvalue weighted by Crippen LogP contribution is 2.51. The molecule has 0 radical (unpaired) electrons. The Bertz CT molecular complexity index is 2240. The van der Waals surface area contributed by atoms with E-state index in [0.29, 0.717) is 29.5 Å². The van der Waals surface area contributed by atoms with Gasteiger partial charge in [0.05, 0.1) is 46.0 Å². The maximum Gasteiger partial charge on any atom is 0.357 e. The molecule has 1 unspecified atom stereocenters. The molecular formula is C44H55N8O7P. The lowest BCUT2D eigenvalue weighted by atomic mass is 9.80. The third-order valence-corrected chi connectivity index (χ3v) is 12.5. The maximum atomic E-state index is 13.3. The van der Waals surface area contributed by atoms with Crippen molar-refractivity contribution in [3.05, 3.63) is 118 Å². The summed E-state index contributed by atoms with van der Waals surface area (Å²) in [4.78, 5) is 28.4. The van der Waals surface area contributed by atoms with Crippen molar-refractivity contribution in [2.24, 2.45) is 4.99 Å². The summed E-state index contributed by atoms with van der Waals surface area (Å²) in [5, 5.41) is 9.41. The Hall–Kier alpha value is -5.20. The molecule has 318 valence electrons. The molecule has 6 rings (SSSR count). The van der Waals surface area contributed by atoms with Crippen LogP contribution in [0, 0.1) is 11.3 Å². The zero-order chi connectivity index (χ0) is 43.0. The number of benzene rings is 3. The number of hydrogen-bond acceptors (Lipinski definition) is 12. The number of nitriles is 1. The van der Waals surface area contributed by atoms with E-state index in [2.05, 4.69) is 48.4 Å². The summed E-state index contributed by atoms with van der Waals surface area (Å²) >= 11 is 0. The summed E-state index contributed by atoms with van der Waals surface area (Å²) in [5.74, 6) is 2.42. The monoisotopic (exact) mass is 838 g/mol. The number of amidine groups is 1. The van der Waals surface area contributed by atoms with Gasteiger partial charge in [0.2, 0.25) is 5.78 Å². The van der Waals surface area contributed by atoms with Crippen LogP contribution in [0.4, 0.5) is 5.95 Å². The van der Waals surface area contributed by atoms with Crippen molar-refractivity contribution < 1.29 is 28.0 Å². The fourth-order valence-corrected chi connectivity index (χ4v) is 9.01. The summed E-state index contributed by atoms with van der Waals surface area (Å²) in [6.07, 6.45) is 2.11. The first-order valence-electron chi connectivity index (χ1n) is 20.0. The number of ether oxygens (including phenoxy) is 4. The van der Waals surface area contributed by atoms with Crippen molar-refractivity contribution >= 4 is 26.1 Å². The number of aliphatic imine (C=N–C) groups is 1. The number of aromatic nitrogens is 4. The smallest absolute Gasteiger partial charge is 0.357 e. The molecular weight excluding hydrogens is 784 g/mol. The van der Waals surface area contributed by atoms with E-state index in [4.69, 9.17) is 33.0 Å². The van der Waals surface area contributed by atoms with E-state index in [9.17, 15) is 10.1 Å². The first kappa shape index (κ1) is 44.4. The second-order valence-electron chi connectivity index (χ2n) is 15.1. The minimum Gasteiger partial charge on any atom is -0.497 e. The van der Waals surface area contributed by atoms with Gasteiger partial charge in [0, 0.05) is 45.0 Å². The van der Waals surface area contributed by atoms with Crippen LogP contribution in [-0.2, 0) is 24.1 Å². The SMILES string of the molecule is COc1ccc(C(OC[C@H]2O[C@@H](n3ccn4c(=O)nc(/N=C(\C)N(C)C)nc34)C[C@@H]2OP(OCCC#N)N(C(C)C)C(C)C)(c2ccccc2)c2ccc(OC)cc2)cc1. The molecule has 1 saturated heterocycles. The zero-order valence-electron chi connectivity index (χ0n) is 35.8. The Morgan fingerprint density at radius 2 is 1.53 bits per heavy atom. The van der Waals surface area contributed by atoms with Crippen LogP contribution >= 0.6 is 8.53 Å². The molecule has 0 N–H and O–H groups in total. The van der Waals surface area contributed by atoms with E-state index in [1.165, 1.54) is 4.40 Å². The first-order valence-corrected chi connectivity index (χ1v) is 21.1. The minimum absolute atomic E-state index is 0.0439. The van der Waals surface area contributed by atoms with E-state index in [0.717, 1.165) is 16.7 Å². The molecule has 2 aromatic heterocycles. The Kier molecular flexibility index (Phi) is 14.7. The largest absolute Gasteiger partial charge is 0.497 e. The second-order valence-corrected chi connectivity index (χ2v) is 16.5. The number of hydrogen-bond donors (Lipinski definition) is 0. The third-order valence-electron chi connectivity index (χ3n) is 10.3. The molecule has 60 heavy (non-hydrogen) atoms. The predicted molar refractivity (Wildman–Crippen MR) is 231 cm³/mol. The molecule has 16 heteroatoms. The molecule has 3 heterocycles. The predicted octanol–water partition coefficient (Wildman–Crippen LogP) is 7.48. The number of nitrogens with zero attached hydrogens (tertiary/aromatic N) is 8. The van der Waals surface area contributed by atoms with Crippen LogP contribution in [0.15, 0.2) is 101 Å². The van der Waals surface area contributed by atoms with E-state index in [1.807, 2.05) is 109 Å². The lowest BCUT2D eigenvalue weighted by molar-refractivity contribution is -0.0912. The van der Waals surface area contributed by atoms with Crippen molar-refractivity contribution in [3.63, 3.8) is 0 Å². The highest BCUT2D eigenvalue weighted by molar-refractivity contribution is 7.44. The maximum absolute atomic E-state index is 13.3. The summed E-state index contributed by atoms with van der Waals surface area (Å²) < 4.78 is 44.2. The first-order chi connectivity index (χ1) is 28.9. The molecule has 1 aliphatic rings. The van der Waals surface area contributed by atoms with E-state index >= 15 is 0 Å². The molecule has 0 saturated carbocycles. The lowest BCUT2D eigenvalue weighted by Gasteiger charge is -2.39. The number of methoxy groups -OCH3 is 2. The van der Waals surface area contributed by atoms with Crippen LogP contribution < -0.4 is 15.2 Å². The van der Waals surface area contributed by atoms with E-state index in [1.54, 1.807) is 26.6 Å². The second kappa shape index (κ2) is 19.9. The molecule has 15 nitrogen and oxygen atoms in total. The fraction of sp³-hybridized carbons (Fsp3) is 0.432. The Balaban J connectivity index is 1.46. The Morgan fingerprint density at radius 1 is 0.933 bits per heavy atom. The average molecular weight is 839 g/mol. The summed E-state index contributed by atoms with van der Waals surface area (Å²) in [6.45, 7) is 10.5. The highest BCUT2D eigenvalue weighted by Gasteiger charge is 2.45. The van der Waals surface area contributed by atoms with E-state index in [-0.39, 0.29) is 37.7 Å². The quantitative estimate of drug-likeness (QED) is 0.0283. The number of rotatable bonds is 18. The molecule has 0 spiro atoms. The molecule has 3 aromatic carbocycles. The van der Waals surface area contributed by atoms with Crippen LogP contribution in [0.2, 0.25) is 0 Å². The van der Waals surface area contributed by atoms with Gasteiger partial charge in [-0.15, -0.1) is 0 Å². The van der Waals surface area contributed by atoms with Crippen molar-refractivity contribution in [1.82, 2.24) is 28.5 Å². The summed E-state index contributed by atoms with van der Waals surface area (Å²) in [5.41, 5.74) is 0.995. The standard InChI is InChI=1S/C44H55N8O7P/c1-30(2)52(31(3)4)60(57-27-13-24-45)59-38-28-40(50-25-26-51-42(50)47-41(48-43(51)53)46-32(5)49(6)7)58-39(38)29-56-44(33-14-11-10-12-15-33,34-16-20-36(54-8)21-17-34)35-18-22-37(55-9)23-19-35/h10-12,14-23,25-26,30-31,38-40H,13,27-29H2,1-9H3/b46-32+/t38-,39+,40+,60?/m0/s1. The van der Waals surface area contributed by atoms with Gasteiger partial charge in [-0.25, -0.2) is 13.9 Å². The van der Waals surface area contributed by atoms with Crippen molar-refractivity contribution in [1.29, 1.82) is 5.26 Å². The molecule has 4 atom stereocenters. The van der Waals surface area contributed by atoms with Gasteiger partial charge in [0.1, 0.15) is 35.3 Å². The van der Waals surface area contributed by atoms with Gasteiger partial charge < -0.3 is 32.9 Å². The van der Waals surface area contributed by atoms with Gasteiger partial charge in [0.15, 0.2) is 0 Å². The molecule has 5 aromatic rings. The van der Waals surface area contributed by atoms with Crippen molar-refractivity contribution in [3.8, 4) is 17.6 Å². The molecule has 0 amide bonds. The van der Waals surface area contributed by atoms with E-state index < -0.39 is 38.3 Å². The number of fused-ring (bicyclic) bond motifs is 1. The highest BCUT2D eigenvalue weighted by atomic mass is 31.2. The average Bonchev–Trinajstić information content (AvgIpc) is 3.85. The third kappa shape index (κ3) is 9.71. The minimum atomic E-state index is -1.67. The number of imidazole rings is 1.